The molecule has 1 aliphatic heterocycles. The number of amides is 1. The Morgan fingerprint density at radius 3 is 2.68 bits per heavy atom. The zero-order valence-electron chi connectivity index (χ0n) is 17.6. The standard InChI is InChI=1S/C23H25ClN2O4S/c1-23(2,3)26-31(28,29)21-7-5-4-6-17(21)14-25-22(27)11-8-16-12-18-13-19(24)9-10-20(18)30-15-16/h4-13,26H,14-15H2,1-3H3,(H,25,27)/b11-8+. The summed E-state index contributed by atoms with van der Waals surface area (Å²) in [7, 11) is -3.71. The van der Waals surface area contributed by atoms with Gasteiger partial charge < -0.3 is 10.1 Å². The molecule has 0 radical (unpaired) electrons. The Labute approximate surface area is 188 Å². The van der Waals surface area contributed by atoms with Gasteiger partial charge in [0.15, 0.2) is 0 Å². The number of hydrogen-bond donors (Lipinski definition) is 2. The molecule has 6 nitrogen and oxygen atoms in total. The molecule has 2 aromatic carbocycles. The van der Waals surface area contributed by atoms with Gasteiger partial charge in [0.1, 0.15) is 12.4 Å². The van der Waals surface area contributed by atoms with Crippen molar-refractivity contribution in [1.82, 2.24) is 10.0 Å². The molecule has 0 bridgehead atoms. The number of fused-ring (bicyclic) bond motifs is 1. The van der Waals surface area contributed by atoms with E-state index in [1.807, 2.05) is 6.08 Å². The van der Waals surface area contributed by atoms with Gasteiger partial charge in [-0.2, -0.15) is 0 Å². The quantitative estimate of drug-likeness (QED) is 0.636. The molecule has 1 heterocycles. The summed E-state index contributed by atoms with van der Waals surface area (Å²) in [6.07, 6.45) is 4.98. The lowest BCUT2D eigenvalue weighted by Crippen LogP contribution is -2.41. The summed E-state index contributed by atoms with van der Waals surface area (Å²) < 4.78 is 33.7. The van der Waals surface area contributed by atoms with E-state index in [4.69, 9.17) is 16.3 Å². The monoisotopic (exact) mass is 460 g/mol. The predicted octanol–water partition coefficient (Wildman–Crippen LogP) is 4.07. The number of rotatable bonds is 6. The van der Waals surface area contributed by atoms with Gasteiger partial charge in [0, 0.05) is 28.7 Å². The van der Waals surface area contributed by atoms with Crippen molar-refractivity contribution >= 4 is 33.6 Å². The number of carbonyl (C=O) groups excluding carboxylic acids is 1. The molecule has 0 saturated heterocycles. The molecule has 1 amide bonds. The molecule has 0 saturated carbocycles. The van der Waals surface area contributed by atoms with Crippen LogP contribution in [0.3, 0.4) is 0 Å². The zero-order chi connectivity index (χ0) is 22.6. The highest BCUT2D eigenvalue weighted by Gasteiger charge is 2.24. The lowest BCUT2D eigenvalue weighted by Gasteiger charge is -2.21. The molecule has 3 rings (SSSR count). The number of nitrogens with one attached hydrogen (secondary N) is 2. The van der Waals surface area contributed by atoms with Crippen LogP contribution in [-0.4, -0.2) is 26.5 Å². The van der Waals surface area contributed by atoms with Crippen molar-refractivity contribution in [2.24, 2.45) is 0 Å². The first-order valence-electron chi connectivity index (χ1n) is 9.74. The Hall–Kier alpha value is -2.61. The minimum absolute atomic E-state index is 0.0817. The molecule has 1 aliphatic rings. The molecule has 0 fully saturated rings. The number of ether oxygens (including phenoxy) is 1. The topological polar surface area (TPSA) is 84.5 Å². The van der Waals surface area contributed by atoms with E-state index in [2.05, 4.69) is 10.0 Å². The molecule has 0 aromatic heterocycles. The zero-order valence-corrected chi connectivity index (χ0v) is 19.2. The summed E-state index contributed by atoms with van der Waals surface area (Å²) in [6, 6.07) is 12.0. The minimum atomic E-state index is -3.71. The first kappa shape index (κ1) is 23.1. The second kappa shape index (κ2) is 9.26. The lowest BCUT2D eigenvalue weighted by molar-refractivity contribution is -0.116. The van der Waals surface area contributed by atoms with Crippen LogP contribution in [0.15, 0.2) is 65.1 Å². The lowest BCUT2D eigenvalue weighted by atomic mass is 10.1. The van der Waals surface area contributed by atoms with Crippen molar-refractivity contribution in [1.29, 1.82) is 0 Å². The molecule has 0 spiro atoms. The fourth-order valence-electron chi connectivity index (χ4n) is 3.06. The third-order valence-electron chi connectivity index (χ3n) is 4.31. The summed E-state index contributed by atoms with van der Waals surface area (Å²) in [4.78, 5) is 12.4. The highest BCUT2D eigenvalue weighted by atomic mass is 35.5. The molecule has 164 valence electrons. The van der Waals surface area contributed by atoms with Crippen LogP contribution in [0.5, 0.6) is 5.75 Å². The van der Waals surface area contributed by atoms with Crippen LogP contribution in [0.25, 0.3) is 6.08 Å². The molecule has 2 N–H and O–H groups in total. The van der Waals surface area contributed by atoms with E-state index in [-0.39, 0.29) is 17.3 Å². The van der Waals surface area contributed by atoms with Gasteiger partial charge >= 0.3 is 0 Å². The number of carbonyl (C=O) groups is 1. The van der Waals surface area contributed by atoms with Crippen LogP contribution in [0, 0.1) is 0 Å². The van der Waals surface area contributed by atoms with E-state index >= 15 is 0 Å². The van der Waals surface area contributed by atoms with Gasteiger partial charge in [0.2, 0.25) is 15.9 Å². The van der Waals surface area contributed by atoms with Gasteiger partial charge in [-0.05, 0) is 62.2 Å². The highest BCUT2D eigenvalue weighted by molar-refractivity contribution is 7.89. The van der Waals surface area contributed by atoms with E-state index in [1.165, 1.54) is 12.1 Å². The summed E-state index contributed by atoms with van der Waals surface area (Å²) in [5, 5.41) is 3.34. The van der Waals surface area contributed by atoms with Gasteiger partial charge in [0.05, 0.1) is 4.90 Å². The Kier molecular flexibility index (Phi) is 6.89. The summed E-state index contributed by atoms with van der Waals surface area (Å²) in [5.74, 6) is 0.404. The van der Waals surface area contributed by atoms with Gasteiger partial charge in [-0.25, -0.2) is 13.1 Å². The third kappa shape index (κ3) is 6.43. The first-order valence-corrected chi connectivity index (χ1v) is 11.6. The maximum absolute atomic E-state index is 12.7. The van der Waals surface area contributed by atoms with Crippen molar-refractivity contribution in [3.63, 3.8) is 0 Å². The van der Waals surface area contributed by atoms with Crippen molar-refractivity contribution in [2.75, 3.05) is 6.61 Å². The molecule has 0 atom stereocenters. The van der Waals surface area contributed by atoms with E-state index in [9.17, 15) is 13.2 Å². The van der Waals surface area contributed by atoms with Crippen LogP contribution in [0.2, 0.25) is 5.02 Å². The average molecular weight is 461 g/mol. The molecular formula is C23H25ClN2O4S. The summed E-state index contributed by atoms with van der Waals surface area (Å²) in [5.41, 5.74) is 1.56. The van der Waals surface area contributed by atoms with E-state index < -0.39 is 15.6 Å². The van der Waals surface area contributed by atoms with Gasteiger partial charge in [0.25, 0.3) is 0 Å². The largest absolute Gasteiger partial charge is 0.488 e. The fourth-order valence-corrected chi connectivity index (χ4v) is 4.90. The first-order chi connectivity index (χ1) is 14.5. The van der Waals surface area contributed by atoms with Crippen LogP contribution >= 0.6 is 11.6 Å². The molecule has 2 aromatic rings. The molecule has 8 heteroatoms. The highest BCUT2D eigenvalue weighted by Crippen LogP contribution is 2.29. The fraction of sp³-hybridized carbons (Fsp3) is 0.261. The van der Waals surface area contributed by atoms with Crippen LogP contribution in [-0.2, 0) is 21.4 Å². The van der Waals surface area contributed by atoms with Crippen molar-refractivity contribution in [3.05, 3.63) is 76.3 Å². The minimum Gasteiger partial charge on any atom is -0.488 e. The van der Waals surface area contributed by atoms with Gasteiger partial charge in [-0.1, -0.05) is 35.9 Å². The Balaban J connectivity index is 1.67. The van der Waals surface area contributed by atoms with Gasteiger partial charge in [-0.3, -0.25) is 4.79 Å². The number of halogens is 1. The van der Waals surface area contributed by atoms with Crippen LogP contribution in [0.4, 0.5) is 0 Å². The molecule has 0 unspecified atom stereocenters. The van der Waals surface area contributed by atoms with Crippen molar-refractivity contribution < 1.29 is 17.9 Å². The number of hydrogen-bond acceptors (Lipinski definition) is 4. The number of sulfonamides is 1. The number of benzene rings is 2. The van der Waals surface area contributed by atoms with E-state index in [1.54, 1.807) is 63.2 Å². The van der Waals surface area contributed by atoms with Crippen LogP contribution in [0.1, 0.15) is 31.9 Å². The smallest absolute Gasteiger partial charge is 0.244 e. The predicted molar refractivity (Wildman–Crippen MR) is 122 cm³/mol. The Morgan fingerprint density at radius 2 is 1.94 bits per heavy atom. The maximum Gasteiger partial charge on any atom is 0.244 e. The van der Waals surface area contributed by atoms with E-state index in [0.29, 0.717) is 17.2 Å². The third-order valence-corrected chi connectivity index (χ3v) is 6.41. The molecule has 31 heavy (non-hydrogen) atoms. The van der Waals surface area contributed by atoms with E-state index in [0.717, 1.165) is 16.9 Å². The Bertz CT molecular complexity index is 1150. The average Bonchev–Trinajstić information content (AvgIpc) is 2.68. The SMILES string of the molecule is CC(C)(C)NS(=O)(=O)c1ccccc1CNC(=O)/C=C/C1=Cc2cc(Cl)ccc2OC1. The van der Waals surface area contributed by atoms with Crippen molar-refractivity contribution in [3.8, 4) is 5.75 Å². The Morgan fingerprint density at radius 1 is 1.19 bits per heavy atom. The maximum atomic E-state index is 12.7. The summed E-state index contributed by atoms with van der Waals surface area (Å²) in [6.45, 7) is 5.75. The molecular weight excluding hydrogens is 436 g/mol. The van der Waals surface area contributed by atoms with Crippen molar-refractivity contribution in [2.45, 2.75) is 37.8 Å². The molecule has 0 aliphatic carbocycles. The second-order valence-electron chi connectivity index (χ2n) is 8.20. The normalized spacial score (nSPS) is 14.0. The van der Waals surface area contributed by atoms with Gasteiger partial charge in [-0.15, -0.1) is 0 Å². The summed E-state index contributed by atoms with van der Waals surface area (Å²) >= 11 is 6.02. The van der Waals surface area contributed by atoms with Crippen LogP contribution < -0.4 is 14.8 Å². The second-order valence-corrected chi connectivity index (χ2v) is 10.3.